The maximum atomic E-state index is 13.5. The van der Waals surface area contributed by atoms with Crippen LogP contribution in [0.4, 0.5) is 10.1 Å². The molecule has 0 aliphatic rings. The van der Waals surface area contributed by atoms with Crippen molar-refractivity contribution in [3.05, 3.63) is 41.6 Å². The maximum Gasteiger partial charge on any atom is 0.335 e. The number of halogens is 1. The van der Waals surface area contributed by atoms with Crippen LogP contribution in [0.25, 0.3) is 0 Å². The van der Waals surface area contributed by atoms with E-state index in [1.54, 1.807) is 6.92 Å². The highest BCUT2D eigenvalue weighted by Crippen LogP contribution is 2.20. The van der Waals surface area contributed by atoms with Crippen LogP contribution in [0.15, 0.2) is 29.4 Å². The topological polar surface area (TPSA) is 112 Å². The van der Waals surface area contributed by atoms with Gasteiger partial charge in [0.15, 0.2) is 5.03 Å². The molecule has 1 aromatic carbocycles. The van der Waals surface area contributed by atoms with Crippen molar-refractivity contribution >= 4 is 21.7 Å². The number of carbonyl (C=O) groups is 1. The third-order valence-corrected chi connectivity index (χ3v) is 3.70. The molecule has 2 rings (SSSR count). The summed E-state index contributed by atoms with van der Waals surface area (Å²) in [7, 11) is -4.06. The molecule has 1 heterocycles. The number of aromatic nitrogens is 2. The molecule has 0 amide bonds. The van der Waals surface area contributed by atoms with Crippen molar-refractivity contribution < 1.29 is 22.7 Å². The summed E-state index contributed by atoms with van der Waals surface area (Å²) in [5.41, 5.74) is -0.679. The zero-order valence-corrected chi connectivity index (χ0v) is 11.0. The largest absolute Gasteiger partial charge is 0.478 e. The number of carboxylic acid groups (broad SMARTS) is 1. The van der Waals surface area contributed by atoms with E-state index < -0.39 is 27.5 Å². The molecule has 0 saturated carbocycles. The minimum Gasteiger partial charge on any atom is -0.478 e. The monoisotopic (exact) mass is 299 g/mol. The second kappa shape index (κ2) is 4.93. The second-order valence-electron chi connectivity index (χ2n) is 3.94. The number of hydrogen-bond donors (Lipinski definition) is 3. The van der Waals surface area contributed by atoms with Crippen LogP contribution in [0.1, 0.15) is 16.2 Å². The van der Waals surface area contributed by atoms with Crippen molar-refractivity contribution in [3.8, 4) is 0 Å². The Morgan fingerprint density at radius 3 is 2.70 bits per heavy atom. The first kappa shape index (κ1) is 14.0. The summed E-state index contributed by atoms with van der Waals surface area (Å²) in [6.07, 6.45) is 1.08. The Hall–Kier alpha value is -2.42. The fraction of sp³-hybridized carbons (Fsp3) is 0.0909. The zero-order chi connectivity index (χ0) is 14.9. The van der Waals surface area contributed by atoms with Gasteiger partial charge in [-0.05, 0) is 25.1 Å². The SMILES string of the molecule is Cc1ncc(S(=O)(=O)Nc2cc(C(=O)O)ccc2F)[nH]1. The Morgan fingerprint density at radius 2 is 2.15 bits per heavy atom. The number of nitrogens with zero attached hydrogens (tertiary/aromatic N) is 1. The molecule has 0 fully saturated rings. The Bertz CT molecular complexity index is 770. The molecule has 0 saturated heterocycles. The van der Waals surface area contributed by atoms with Gasteiger partial charge in [-0.15, -0.1) is 0 Å². The van der Waals surface area contributed by atoms with E-state index in [9.17, 15) is 17.6 Å². The van der Waals surface area contributed by atoms with E-state index in [4.69, 9.17) is 5.11 Å². The molecule has 106 valence electrons. The first-order chi connectivity index (χ1) is 9.29. The van der Waals surface area contributed by atoms with Gasteiger partial charge in [0.1, 0.15) is 11.6 Å². The predicted octanol–water partition coefficient (Wildman–Crippen LogP) is 1.36. The van der Waals surface area contributed by atoms with E-state index in [1.165, 1.54) is 0 Å². The number of anilines is 1. The lowest BCUT2D eigenvalue weighted by atomic mass is 10.2. The molecule has 1 aromatic heterocycles. The van der Waals surface area contributed by atoms with Gasteiger partial charge in [0.05, 0.1) is 17.4 Å². The summed E-state index contributed by atoms with van der Waals surface area (Å²) in [5, 5.41) is 8.56. The molecule has 0 atom stereocenters. The van der Waals surface area contributed by atoms with Gasteiger partial charge in [-0.1, -0.05) is 0 Å². The number of H-pyrrole nitrogens is 1. The highest BCUT2D eigenvalue weighted by atomic mass is 32.2. The van der Waals surface area contributed by atoms with Crippen LogP contribution in [0, 0.1) is 12.7 Å². The number of hydrogen-bond acceptors (Lipinski definition) is 4. The van der Waals surface area contributed by atoms with E-state index in [0.717, 1.165) is 24.4 Å². The lowest BCUT2D eigenvalue weighted by Crippen LogP contribution is -2.15. The van der Waals surface area contributed by atoms with Crippen LogP contribution in [-0.4, -0.2) is 29.5 Å². The summed E-state index contributed by atoms with van der Waals surface area (Å²) in [6.45, 7) is 1.56. The highest BCUT2D eigenvalue weighted by Gasteiger charge is 2.19. The minimum absolute atomic E-state index is 0.232. The molecule has 0 aliphatic heterocycles. The second-order valence-corrected chi connectivity index (χ2v) is 5.59. The number of rotatable bonds is 4. The Kier molecular flexibility index (Phi) is 3.45. The minimum atomic E-state index is -4.06. The third-order valence-electron chi connectivity index (χ3n) is 2.43. The van der Waals surface area contributed by atoms with Gasteiger partial charge in [0.2, 0.25) is 0 Å². The fourth-order valence-corrected chi connectivity index (χ4v) is 2.50. The molecule has 20 heavy (non-hydrogen) atoms. The smallest absolute Gasteiger partial charge is 0.335 e. The van der Waals surface area contributed by atoms with Crippen LogP contribution in [0.2, 0.25) is 0 Å². The number of carboxylic acids is 1. The molecule has 0 bridgehead atoms. The summed E-state index contributed by atoms with van der Waals surface area (Å²) < 4.78 is 39.4. The van der Waals surface area contributed by atoms with Crippen LogP contribution in [0.5, 0.6) is 0 Å². The van der Waals surface area contributed by atoms with Gasteiger partial charge in [0, 0.05) is 0 Å². The number of aromatic carboxylic acids is 1. The van der Waals surface area contributed by atoms with Crippen LogP contribution in [0.3, 0.4) is 0 Å². The molecular weight excluding hydrogens is 289 g/mol. The van der Waals surface area contributed by atoms with Gasteiger partial charge in [-0.2, -0.15) is 8.42 Å². The van der Waals surface area contributed by atoms with Crippen LogP contribution in [-0.2, 0) is 10.0 Å². The molecular formula is C11H10FN3O4S. The van der Waals surface area contributed by atoms with E-state index >= 15 is 0 Å². The average Bonchev–Trinajstić information content (AvgIpc) is 2.79. The van der Waals surface area contributed by atoms with Crippen molar-refractivity contribution in [2.75, 3.05) is 4.72 Å². The highest BCUT2D eigenvalue weighted by molar-refractivity contribution is 7.92. The van der Waals surface area contributed by atoms with Crippen LogP contribution >= 0.6 is 0 Å². The van der Waals surface area contributed by atoms with E-state index in [1.807, 2.05) is 4.72 Å². The van der Waals surface area contributed by atoms with Crippen molar-refractivity contribution in [2.45, 2.75) is 11.9 Å². The number of aryl methyl sites for hydroxylation is 1. The predicted molar refractivity (Wildman–Crippen MR) is 67.5 cm³/mol. The van der Waals surface area contributed by atoms with Crippen molar-refractivity contribution in [1.29, 1.82) is 0 Å². The molecule has 0 aliphatic carbocycles. The summed E-state index contributed by atoms with van der Waals surface area (Å²) in [5.74, 6) is -1.79. The first-order valence-corrected chi connectivity index (χ1v) is 6.85. The van der Waals surface area contributed by atoms with Crippen molar-refractivity contribution in [1.82, 2.24) is 9.97 Å². The number of sulfonamides is 1. The lowest BCUT2D eigenvalue weighted by Gasteiger charge is -2.08. The number of aromatic amines is 1. The first-order valence-electron chi connectivity index (χ1n) is 5.37. The average molecular weight is 299 g/mol. The summed E-state index contributed by atoms with van der Waals surface area (Å²) in [4.78, 5) is 17.0. The summed E-state index contributed by atoms with van der Waals surface area (Å²) >= 11 is 0. The van der Waals surface area contributed by atoms with Crippen LogP contribution < -0.4 is 4.72 Å². The normalized spacial score (nSPS) is 11.3. The lowest BCUT2D eigenvalue weighted by molar-refractivity contribution is 0.0697. The van der Waals surface area contributed by atoms with Crippen molar-refractivity contribution in [2.24, 2.45) is 0 Å². The quantitative estimate of drug-likeness (QED) is 0.789. The standard InChI is InChI=1S/C11H10FN3O4S/c1-6-13-5-10(14-6)20(18,19)15-9-4-7(11(16)17)2-3-8(9)12/h2-5,15H,1H3,(H,13,14)(H,16,17). The number of nitrogens with one attached hydrogen (secondary N) is 2. The number of imidazole rings is 1. The van der Waals surface area contributed by atoms with Gasteiger partial charge in [-0.3, -0.25) is 4.72 Å². The molecule has 0 radical (unpaired) electrons. The van der Waals surface area contributed by atoms with Gasteiger partial charge in [0.25, 0.3) is 10.0 Å². The van der Waals surface area contributed by atoms with E-state index in [0.29, 0.717) is 5.82 Å². The third kappa shape index (κ3) is 2.77. The van der Waals surface area contributed by atoms with Crippen molar-refractivity contribution in [3.63, 3.8) is 0 Å². The molecule has 0 spiro atoms. The molecule has 7 nitrogen and oxygen atoms in total. The van der Waals surface area contributed by atoms with E-state index in [2.05, 4.69) is 9.97 Å². The molecule has 0 unspecified atom stereocenters. The Balaban J connectivity index is 2.39. The maximum absolute atomic E-state index is 13.5. The van der Waals surface area contributed by atoms with E-state index in [-0.39, 0.29) is 10.6 Å². The Labute approximate surface area is 113 Å². The van der Waals surface area contributed by atoms with Gasteiger partial charge in [-0.25, -0.2) is 14.2 Å². The van der Waals surface area contributed by atoms with Gasteiger partial charge >= 0.3 is 5.97 Å². The van der Waals surface area contributed by atoms with Gasteiger partial charge < -0.3 is 10.1 Å². The number of benzene rings is 1. The Morgan fingerprint density at radius 1 is 1.45 bits per heavy atom. The molecule has 2 aromatic rings. The zero-order valence-electron chi connectivity index (χ0n) is 10.2. The fourth-order valence-electron chi connectivity index (χ4n) is 1.47. The summed E-state index contributed by atoms with van der Waals surface area (Å²) in [6, 6.07) is 2.81. The molecule has 3 N–H and O–H groups in total. The molecule has 9 heteroatoms.